The van der Waals surface area contributed by atoms with Gasteiger partial charge in [-0.25, -0.2) is 0 Å². The normalized spacial score (nSPS) is 10.6. The lowest BCUT2D eigenvalue weighted by atomic mass is 10.1. The van der Waals surface area contributed by atoms with Crippen molar-refractivity contribution in [2.45, 2.75) is 6.54 Å². The summed E-state index contributed by atoms with van der Waals surface area (Å²) in [4.78, 5) is 4.33. The average Bonchev–Trinajstić information content (AvgIpc) is 2.45. The second-order valence-electron chi connectivity index (χ2n) is 4.39. The van der Waals surface area contributed by atoms with Gasteiger partial charge in [0.25, 0.3) is 0 Å². The molecule has 0 saturated heterocycles. The molecule has 0 radical (unpaired) electrons. The van der Waals surface area contributed by atoms with Gasteiger partial charge in [0.2, 0.25) is 0 Å². The molecule has 0 atom stereocenters. The van der Waals surface area contributed by atoms with Gasteiger partial charge in [0.15, 0.2) is 0 Å². The van der Waals surface area contributed by atoms with Crippen LogP contribution in [0.5, 0.6) is 0 Å². The fourth-order valence-corrected chi connectivity index (χ4v) is 2.44. The Morgan fingerprint density at radius 3 is 2.84 bits per heavy atom. The van der Waals surface area contributed by atoms with E-state index < -0.39 is 0 Å². The van der Waals surface area contributed by atoms with Gasteiger partial charge in [0, 0.05) is 28.3 Å². The molecule has 0 aliphatic rings. The Morgan fingerprint density at radius 2 is 1.95 bits per heavy atom. The lowest BCUT2D eigenvalue weighted by Crippen LogP contribution is -1.99. The first-order valence-electron chi connectivity index (χ1n) is 6.14. The monoisotopic (exact) mass is 312 g/mol. The molecule has 1 N–H and O–H groups in total. The number of rotatable bonds is 3. The Balaban J connectivity index is 1.78. The van der Waals surface area contributed by atoms with Crippen molar-refractivity contribution in [3.63, 3.8) is 0 Å². The molecule has 1 heterocycles. The fraction of sp³-hybridized carbons (Fsp3) is 0.0625. The molecule has 0 aliphatic carbocycles. The summed E-state index contributed by atoms with van der Waals surface area (Å²) in [6.07, 6.45) is 1.82. The molecule has 0 aliphatic heterocycles. The molecule has 2 nitrogen and oxygen atoms in total. The number of nitrogens with one attached hydrogen (secondary N) is 1. The van der Waals surface area contributed by atoms with Gasteiger partial charge < -0.3 is 5.32 Å². The van der Waals surface area contributed by atoms with Crippen molar-refractivity contribution in [3.8, 4) is 0 Å². The van der Waals surface area contributed by atoms with Gasteiger partial charge in [-0.1, -0.05) is 34.1 Å². The second-order valence-corrected chi connectivity index (χ2v) is 5.31. The molecule has 3 heteroatoms. The van der Waals surface area contributed by atoms with E-state index in [0.29, 0.717) is 0 Å². The van der Waals surface area contributed by atoms with Gasteiger partial charge in [-0.3, -0.25) is 4.98 Å². The van der Waals surface area contributed by atoms with Crippen LogP contribution in [0.2, 0.25) is 0 Å². The van der Waals surface area contributed by atoms with E-state index in [0.717, 1.165) is 22.2 Å². The number of anilines is 1. The predicted molar refractivity (Wildman–Crippen MR) is 83.2 cm³/mol. The number of fused-ring (bicyclic) bond motifs is 1. The predicted octanol–water partition coefficient (Wildman–Crippen LogP) is 4.61. The van der Waals surface area contributed by atoms with E-state index in [9.17, 15) is 0 Å². The molecule has 3 aromatic rings. The third-order valence-corrected chi connectivity index (χ3v) is 3.48. The zero-order chi connectivity index (χ0) is 13.1. The van der Waals surface area contributed by atoms with Crippen LogP contribution in [0.25, 0.3) is 10.9 Å². The highest BCUT2D eigenvalue weighted by Gasteiger charge is 1.98. The molecular formula is C16H13BrN2. The number of benzene rings is 2. The summed E-state index contributed by atoms with van der Waals surface area (Å²) in [5, 5.41) is 4.59. The van der Waals surface area contributed by atoms with E-state index in [1.807, 2.05) is 24.4 Å². The summed E-state index contributed by atoms with van der Waals surface area (Å²) >= 11 is 3.47. The zero-order valence-electron chi connectivity index (χ0n) is 10.3. The van der Waals surface area contributed by atoms with E-state index in [4.69, 9.17) is 0 Å². The van der Waals surface area contributed by atoms with E-state index in [-0.39, 0.29) is 0 Å². The van der Waals surface area contributed by atoms with Crippen molar-refractivity contribution in [1.82, 2.24) is 4.98 Å². The van der Waals surface area contributed by atoms with Crippen molar-refractivity contribution >= 4 is 32.5 Å². The van der Waals surface area contributed by atoms with Crippen LogP contribution in [0.15, 0.2) is 65.3 Å². The third-order valence-electron chi connectivity index (χ3n) is 2.99. The Labute approximate surface area is 120 Å². The maximum absolute atomic E-state index is 4.33. The third kappa shape index (κ3) is 2.93. The van der Waals surface area contributed by atoms with Crippen molar-refractivity contribution in [3.05, 3.63) is 70.8 Å². The van der Waals surface area contributed by atoms with Crippen LogP contribution in [0.3, 0.4) is 0 Å². The van der Waals surface area contributed by atoms with E-state index in [2.05, 4.69) is 62.6 Å². The molecule has 1 aromatic heterocycles. The topological polar surface area (TPSA) is 24.9 Å². The SMILES string of the molecule is Brc1cccc(NCc2ccc3ncccc3c2)c1. The lowest BCUT2D eigenvalue weighted by molar-refractivity contribution is 1.15. The lowest BCUT2D eigenvalue weighted by Gasteiger charge is -2.07. The smallest absolute Gasteiger partial charge is 0.0702 e. The Morgan fingerprint density at radius 1 is 1.00 bits per heavy atom. The number of halogens is 1. The molecule has 0 amide bonds. The van der Waals surface area contributed by atoms with E-state index >= 15 is 0 Å². The second kappa shape index (κ2) is 5.41. The highest BCUT2D eigenvalue weighted by Crippen LogP contribution is 2.18. The molecule has 2 aromatic carbocycles. The molecule has 0 fully saturated rings. The van der Waals surface area contributed by atoms with Gasteiger partial charge in [-0.2, -0.15) is 0 Å². The van der Waals surface area contributed by atoms with E-state index in [1.54, 1.807) is 0 Å². The first-order valence-corrected chi connectivity index (χ1v) is 6.94. The summed E-state index contributed by atoms with van der Waals surface area (Å²) < 4.78 is 1.08. The molecule has 19 heavy (non-hydrogen) atoms. The summed E-state index contributed by atoms with van der Waals surface area (Å²) in [5.41, 5.74) is 3.40. The van der Waals surface area contributed by atoms with Crippen molar-refractivity contribution < 1.29 is 0 Å². The summed E-state index contributed by atoms with van der Waals surface area (Å²) in [6.45, 7) is 0.807. The van der Waals surface area contributed by atoms with Crippen molar-refractivity contribution in [2.24, 2.45) is 0 Å². The molecular weight excluding hydrogens is 300 g/mol. The van der Waals surface area contributed by atoms with Crippen LogP contribution in [-0.2, 0) is 6.54 Å². The fourth-order valence-electron chi connectivity index (χ4n) is 2.04. The Hall–Kier alpha value is -1.87. The average molecular weight is 313 g/mol. The minimum Gasteiger partial charge on any atom is -0.381 e. The highest BCUT2D eigenvalue weighted by molar-refractivity contribution is 9.10. The van der Waals surface area contributed by atoms with Crippen LogP contribution in [0, 0.1) is 0 Å². The quantitative estimate of drug-likeness (QED) is 0.764. The van der Waals surface area contributed by atoms with Crippen LogP contribution in [0.4, 0.5) is 5.69 Å². The highest BCUT2D eigenvalue weighted by atomic mass is 79.9. The summed E-state index contributed by atoms with van der Waals surface area (Å²) in [6, 6.07) is 18.6. The maximum Gasteiger partial charge on any atom is 0.0702 e. The number of nitrogens with zero attached hydrogens (tertiary/aromatic N) is 1. The summed E-state index contributed by atoms with van der Waals surface area (Å²) in [7, 11) is 0. The zero-order valence-corrected chi connectivity index (χ0v) is 11.9. The van der Waals surface area contributed by atoms with Gasteiger partial charge in [-0.15, -0.1) is 0 Å². The van der Waals surface area contributed by atoms with Crippen molar-refractivity contribution in [1.29, 1.82) is 0 Å². The van der Waals surface area contributed by atoms with Crippen LogP contribution in [-0.4, -0.2) is 4.98 Å². The molecule has 0 spiro atoms. The van der Waals surface area contributed by atoms with E-state index in [1.165, 1.54) is 10.9 Å². The van der Waals surface area contributed by atoms with Crippen molar-refractivity contribution in [2.75, 3.05) is 5.32 Å². The summed E-state index contributed by atoms with van der Waals surface area (Å²) in [5.74, 6) is 0. The van der Waals surface area contributed by atoms with Crippen LogP contribution < -0.4 is 5.32 Å². The van der Waals surface area contributed by atoms with Crippen LogP contribution in [0.1, 0.15) is 5.56 Å². The minimum absolute atomic E-state index is 0.807. The number of aromatic nitrogens is 1. The van der Waals surface area contributed by atoms with Crippen LogP contribution >= 0.6 is 15.9 Å². The van der Waals surface area contributed by atoms with Gasteiger partial charge >= 0.3 is 0 Å². The molecule has 0 bridgehead atoms. The standard InChI is InChI=1S/C16H13BrN2/c17-14-4-1-5-15(10-14)19-11-12-6-7-16-13(9-12)3-2-8-18-16/h1-10,19H,11H2. The molecule has 0 unspecified atom stereocenters. The number of pyridine rings is 1. The number of hydrogen-bond acceptors (Lipinski definition) is 2. The molecule has 0 saturated carbocycles. The van der Waals surface area contributed by atoms with Gasteiger partial charge in [-0.05, 0) is 42.0 Å². The van der Waals surface area contributed by atoms with Gasteiger partial charge in [0.1, 0.15) is 0 Å². The molecule has 3 rings (SSSR count). The first kappa shape index (κ1) is 12.2. The Kier molecular flexibility index (Phi) is 3.47. The minimum atomic E-state index is 0.807. The maximum atomic E-state index is 4.33. The first-order chi connectivity index (χ1) is 9.31. The van der Waals surface area contributed by atoms with Gasteiger partial charge in [0.05, 0.1) is 5.52 Å². The Bertz CT molecular complexity index is 710. The molecule has 94 valence electrons. The largest absolute Gasteiger partial charge is 0.381 e. The number of hydrogen-bond donors (Lipinski definition) is 1.